The van der Waals surface area contributed by atoms with Crippen molar-refractivity contribution in [2.24, 2.45) is 0 Å². The maximum absolute atomic E-state index is 13.4. The topological polar surface area (TPSA) is 70.2 Å². The fraction of sp³-hybridized carbons (Fsp3) is 0.0667. The molecule has 0 atom stereocenters. The van der Waals surface area contributed by atoms with Gasteiger partial charge in [0.1, 0.15) is 5.82 Å². The molecule has 0 aromatic heterocycles. The van der Waals surface area contributed by atoms with E-state index in [-0.39, 0.29) is 11.6 Å². The van der Waals surface area contributed by atoms with Gasteiger partial charge in [0.05, 0.1) is 5.69 Å². The number of amides is 3. The van der Waals surface area contributed by atoms with Crippen molar-refractivity contribution >= 4 is 29.0 Å². The Balaban J connectivity index is 1.96. The number of anilines is 3. The molecule has 0 aliphatic rings. The van der Waals surface area contributed by atoms with Gasteiger partial charge in [-0.15, -0.1) is 0 Å². The first-order chi connectivity index (χ1) is 10.0. The molecule has 108 valence electrons. The van der Waals surface area contributed by atoms with Gasteiger partial charge < -0.3 is 16.0 Å². The fourth-order valence-corrected chi connectivity index (χ4v) is 1.69. The van der Waals surface area contributed by atoms with Crippen molar-refractivity contribution in [3.05, 3.63) is 54.3 Å². The Labute approximate surface area is 121 Å². The van der Waals surface area contributed by atoms with E-state index in [1.165, 1.54) is 19.1 Å². The van der Waals surface area contributed by atoms with Gasteiger partial charge in [0.15, 0.2) is 0 Å². The van der Waals surface area contributed by atoms with Gasteiger partial charge in [-0.25, -0.2) is 9.18 Å². The highest BCUT2D eigenvalue weighted by molar-refractivity contribution is 6.00. The zero-order chi connectivity index (χ0) is 15.2. The van der Waals surface area contributed by atoms with Gasteiger partial charge in [0.2, 0.25) is 5.91 Å². The molecule has 21 heavy (non-hydrogen) atoms. The van der Waals surface area contributed by atoms with Crippen molar-refractivity contribution in [1.29, 1.82) is 0 Å². The van der Waals surface area contributed by atoms with Crippen LogP contribution in [0.5, 0.6) is 0 Å². The number of carbonyl (C=O) groups is 2. The monoisotopic (exact) mass is 287 g/mol. The van der Waals surface area contributed by atoms with E-state index in [1.54, 1.807) is 36.4 Å². The number of halogens is 1. The molecule has 0 spiro atoms. The van der Waals surface area contributed by atoms with E-state index in [1.807, 2.05) is 0 Å². The second-order valence-electron chi connectivity index (χ2n) is 4.32. The van der Waals surface area contributed by atoms with Gasteiger partial charge in [-0.3, -0.25) is 4.79 Å². The van der Waals surface area contributed by atoms with Crippen molar-refractivity contribution in [2.45, 2.75) is 6.92 Å². The number of para-hydroxylation sites is 1. The molecule has 2 aromatic rings. The van der Waals surface area contributed by atoms with Crippen LogP contribution in [0.15, 0.2) is 48.5 Å². The first-order valence-corrected chi connectivity index (χ1v) is 6.25. The van der Waals surface area contributed by atoms with Gasteiger partial charge in [-0.1, -0.05) is 12.1 Å². The number of hydrogen-bond donors (Lipinski definition) is 3. The van der Waals surface area contributed by atoms with Crippen LogP contribution < -0.4 is 16.0 Å². The van der Waals surface area contributed by atoms with Crippen LogP contribution in [0.1, 0.15) is 6.92 Å². The molecule has 3 N–H and O–H groups in total. The summed E-state index contributed by atoms with van der Waals surface area (Å²) in [5, 5.41) is 7.60. The zero-order valence-electron chi connectivity index (χ0n) is 11.3. The molecular weight excluding hydrogens is 273 g/mol. The molecule has 2 aromatic carbocycles. The lowest BCUT2D eigenvalue weighted by Gasteiger charge is -2.09. The summed E-state index contributed by atoms with van der Waals surface area (Å²) in [6, 6.07) is 11.9. The van der Waals surface area contributed by atoms with E-state index in [0.29, 0.717) is 11.4 Å². The number of benzene rings is 2. The van der Waals surface area contributed by atoms with Crippen LogP contribution in [0.3, 0.4) is 0 Å². The van der Waals surface area contributed by atoms with E-state index in [0.717, 1.165) is 0 Å². The lowest BCUT2D eigenvalue weighted by molar-refractivity contribution is -0.114. The van der Waals surface area contributed by atoms with E-state index >= 15 is 0 Å². The predicted molar refractivity (Wildman–Crippen MR) is 79.8 cm³/mol. The van der Waals surface area contributed by atoms with Crippen molar-refractivity contribution in [3.8, 4) is 0 Å². The van der Waals surface area contributed by atoms with Crippen LogP contribution in [-0.4, -0.2) is 11.9 Å². The third-order valence-electron chi connectivity index (χ3n) is 2.59. The Morgan fingerprint density at radius 2 is 1.43 bits per heavy atom. The fourth-order valence-electron chi connectivity index (χ4n) is 1.69. The molecule has 0 radical (unpaired) electrons. The Morgan fingerprint density at radius 1 is 0.857 bits per heavy atom. The standard InChI is InChI=1S/C15H14FN3O2/c1-10(20)17-11-6-8-12(9-7-11)18-15(21)19-14-5-3-2-4-13(14)16/h2-9H,1H3,(H,17,20)(H2,18,19,21). The Kier molecular flexibility index (Phi) is 4.50. The summed E-state index contributed by atoms with van der Waals surface area (Å²) in [6.07, 6.45) is 0. The van der Waals surface area contributed by atoms with Gasteiger partial charge >= 0.3 is 6.03 Å². The highest BCUT2D eigenvalue weighted by Crippen LogP contribution is 2.15. The molecule has 0 unspecified atom stereocenters. The molecule has 2 rings (SSSR count). The van der Waals surface area contributed by atoms with Crippen LogP contribution in [0.25, 0.3) is 0 Å². The number of urea groups is 1. The summed E-state index contributed by atoms with van der Waals surface area (Å²) in [6.45, 7) is 1.41. The van der Waals surface area contributed by atoms with Crippen LogP contribution in [0.4, 0.5) is 26.2 Å². The molecule has 6 heteroatoms. The number of carbonyl (C=O) groups excluding carboxylic acids is 2. The molecule has 3 amide bonds. The summed E-state index contributed by atoms with van der Waals surface area (Å²) in [5.41, 5.74) is 1.25. The van der Waals surface area contributed by atoms with Crippen LogP contribution in [0, 0.1) is 5.82 Å². The van der Waals surface area contributed by atoms with Crippen LogP contribution >= 0.6 is 0 Å². The summed E-state index contributed by atoms with van der Waals surface area (Å²) >= 11 is 0. The van der Waals surface area contributed by atoms with E-state index in [4.69, 9.17) is 0 Å². The second-order valence-corrected chi connectivity index (χ2v) is 4.32. The van der Waals surface area contributed by atoms with Crippen LogP contribution in [0.2, 0.25) is 0 Å². The molecule has 0 heterocycles. The van der Waals surface area contributed by atoms with Gasteiger partial charge in [-0.05, 0) is 36.4 Å². The van der Waals surface area contributed by atoms with Gasteiger partial charge in [-0.2, -0.15) is 0 Å². The number of hydrogen-bond acceptors (Lipinski definition) is 2. The first kappa shape index (κ1) is 14.5. The van der Waals surface area contributed by atoms with Crippen molar-refractivity contribution in [2.75, 3.05) is 16.0 Å². The van der Waals surface area contributed by atoms with Crippen LogP contribution in [-0.2, 0) is 4.79 Å². The minimum absolute atomic E-state index is 0.102. The third-order valence-corrected chi connectivity index (χ3v) is 2.59. The molecule has 0 aliphatic carbocycles. The Bertz CT molecular complexity index is 656. The molecule has 0 aliphatic heterocycles. The number of nitrogens with one attached hydrogen (secondary N) is 3. The molecule has 0 fully saturated rings. The predicted octanol–water partition coefficient (Wildman–Crippen LogP) is 3.43. The minimum atomic E-state index is -0.549. The molecular formula is C15H14FN3O2. The maximum Gasteiger partial charge on any atom is 0.323 e. The summed E-state index contributed by atoms with van der Waals surface area (Å²) in [5.74, 6) is -0.679. The highest BCUT2D eigenvalue weighted by atomic mass is 19.1. The molecule has 5 nitrogen and oxygen atoms in total. The van der Waals surface area contributed by atoms with Crippen molar-refractivity contribution < 1.29 is 14.0 Å². The molecule has 0 bridgehead atoms. The Morgan fingerprint density at radius 3 is 2.00 bits per heavy atom. The average Bonchev–Trinajstić information content (AvgIpc) is 2.43. The maximum atomic E-state index is 13.4. The summed E-state index contributed by atoms with van der Waals surface area (Å²) < 4.78 is 13.4. The molecule has 0 saturated carbocycles. The summed E-state index contributed by atoms with van der Waals surface area (Å²) in [7, 11) is 0. The SMILES string of the molecule is CC(=O)Nc1ccc(NC(=O)Nc2ccccc2F)cc1. The molecule has 0 saturated heterocycles. The van der Waals surface area contributed by atoms with E-state index < -0.39 is 11.8 Å². The first-order valence-electron chi connectivity index (χ1n) is 6.25. The largest absolute Gasteiger partial charge is 0.326 e. The van der Waals surface area contributed by atoms with Crippen molar-refractivity contribution in [3.63, 3.8) is 0 Å². The summed E-state index contributed by atoms with van der Waals surface area (Å²) in [4.78, 5) is 22.6. The van der Waals surface area contributed by atoms with E-state index in [9.17, 15) is 14.0 Å². The zero-order valence-corrected chi connectivity index (χ0v) is 11.3. The normalized spacial score (nSPS) is 9.81. The smallest absolute Gasteiger partial charge is 0.323 e. The second kappa shape index (κ2) is 6.51. The third kappa shape index (κ3) is 4.31. The van der Waals surface area contributed by atoms with Gasteiger partial charge in [0, 0.05) is 18.3 Å². The average molecular weight is 287 g/mol. The lowest BCUT2D eigenvalue weighted by atomic mass is 10.3. The van der Waals surface area contributed by atoms with Crippen molar-refractivity contribution in [1.82, 2.24) is 0 Å². The Hall–Kier alpha value is -2.89. The number of rotatable bonds is 3. The quantitative estimate of drug-likeness (QED) is 0.809. The van der Waals surface area contributed by atoms with E-state index in [2.05, 4.69) is 16.0 Å². The highest BCUT2D eigenvalue weighted by Gasteiger charge is 2.06. The van der Waals surface area contributed by atoms with Gasteiger partial charge in [0.25, 0.3) is 0 Å². The lowest BCUT2D eigenvalue weighted by Crippen LogP contribution is -2.20. The minimum Gasteiger partial charge on any atom is -0.326 e.